The van der Waals surface area contributed by atoms with Crippen LogP contribution in [0.25, 0.3) is 0 Å². The van der Waals surface area contributed by atoms with Crippen LogP contribution in [-0.2, 0) is 20.9 Å². The molecule has 0 bridgehead atoms. The predicted molar refractivity (Wildman–Crippen MR) is 66.6 cm³/mol. The van der Waals surface area contributed by atoms with Crippen molar-refractivity contribution in [3.63, 3.8) is 0 Å². The summed E-state index contributed by atoms with van der Waals surface area (Å²) in [7, 11) is 0. The van der Waals surface area contributed by atoms with Crippen LogP contribution in [0.3, 0.4) is 0 Å². The molecule has 1 heterocycles. The Labute approximate surface area is 106 Å². The highest BCUT2D eigenvalue weighted by molar-refractivity contribution is 5.91. The Morgan fingerprint density at radius 2 is 2.06 bits per heavy atom. The van der Waals surface area contributed by atoms with Gasteiger partial charge in [0.05, 0.1) is 0 Å². The summed E-state index contributed by atoms with van der Waals surface area (Å²) in [6, 6.07) is 8.96. The van der Waals surface area contributed by atoms with Crippen molar-refractivity contribution < 1.29 is 14.3 Å². The maximum absolute atomic E-state index is 11.8. The molecule has 2 rings (SSSR count). The van der Waals surface area contributed by atoms with E-state index in [9.17, 15) is 9.59 Å². The Bertz CT molecular complexity index is 453. The molecule has 1 aliphatic rings. The minimum Gasteiger partial charge on any atom is -0.459 e. The van der Waals surface area contributed by atoms with E-state index in [0.29, 0.717) is 6.42 Å². The van der Waals surface area contributed by atoms with E-state index >= 15 is 0 Å². The quantitative estimate of drug-likeness (QED) is 0.826. The van der Waals surface area contributed by atoms with Crippen molar-refractivity contribution >= 4 is 11.9 Å². The highest BCUT2D eigenvalue weighted by atomic mass is 16.5. The van der Waals surface area contributed by atoms with E-state index in [1.54, 1.807) is 0 Å². The average molecular weight is 247 g/mol. The molecule has 0 spiro atoms. The van der Waals surface area contributed by atoms with E-state index in [1.165, 1.54) is 0 Å². The number of hydrogen-bond acceptors (Lipinski definition) is 3. The van der Waals surface area contributed by atoms with E-state index in [0.717, 1.165) is 5.56 Å². The summed E-state index contributed by atoms with van der Waals surface area (Å²) < 4.78 is 5.20. The summed E-state index contributed by atoms with van der Waals surface area (Å²) >= 11 is 0. The number of esters is 1. The number of carbonyl (C=O) groups excluding carboxylic acids is 2. The van der Waals surface area contributed by atoms with E-state index in [-0.39, 0.29) is 18.5 Å². The largest absolute Gasteiger partial charge is 0.459 e. The summed E-state index contributed by atoms with van der Waals surface area (Å²) in [6.07, 6.45) is 0.486. The molecule has 1 saturated heterocycles. The Morgan fingerprint density at radius 1 is 1.39 bits per heavy atom. The molecule has 4 nitrogen and oxygen atoms in total. The van der Waals surface area contributed by atoms with Crippen molar-refractivity contribution in [3.05, 3.63) is 35.9 Å². The molecule has 1 N–H and O–H groups in total. The highest BCUT2D eigenvalue weighted by Crippen LogP contribution is 2.29. The van der Waals surface area contributed by atoms with Gasteiger partial charge in [0.25, 0.3) is 0 Å². The molecule has 1 unspecified atom stereocenters. The lowest BCUT2D eigenvalue weighted by molar-refractivity contribution is -0.147. The molecular formula is C14H17NO3. The third kappa shape index (κ3) is 2.70. The second kappa shape index (κ2) is 4.80. The number of amides is 1. The van der Waals surface area contributed by atoms with Crippen LogP contribution in [0.1, 0.15) is 25.8 Å². The minimum absolute atomic E-state index is 0.0934. The molecule has 1 fully saturated rings. The molecule has 18 heavy (non-hydrogen) atoms. The predicted octanol–water partition coefficient (Wildman–Crippen LogP) is 1.64. The molecule has 1 aromatic carbocycles. The fourth-order valence-corrected chi connectivity index (χ4v) is 1.98. The van der Waals surface area contributed by atoms with Gasteiger partial charge in [-0.05, 0) is 12.0 Å². The van der Waals surface area contributed by atoms with Gasteiger partial charge in [-0.25, -0.2) is 4.79 Å². The molecule has 4 heteroatoms. The average Bonchev–Trinajstić information content (AvgIpc) is 2.62. The van der Waals surface area contributed by atoms with Crippen LogP contribution >= 0.6 is 0 Å². The van der Waals surface area contributed by atoms with Crippen molar-refractivity contribution in [2.24, 2.45) is 5.41 Å². The number of carbonyl (C=O) groups is 2. The molecular weight excluding hydrogens is 230 g/mol. The van der Waals surface area contributed by atoms with E-state index in [1.807, 2.05) is 44.2 Å². The molecule has 0 aromatic heterocycles. The van der Waals surface area contributed by atoms with Crippen LogP contribution in [0.2, 0.25) is 0 Å². The maximum atomic E-state index is 11.8. The zero-order valence-corrected chi connectivity index (χ0v) is 10.6. The smallest absolute Gasteiger partial charge is 0.329 e. The fraction of sp³-hybridized carbons (Fsp3) is 0.429. The first-order valence-corrected chi connectivity index (χ1v) is 6.00. The number of nitrogens with one attached hydrogen (secondary N) is 1. The molecule has 1 aliphatic heterocycles. The summed E-state index contributed by atoms with van der Waals surface area (Å²) in [4.78, 5) is 23.4. The van der Waals surface area contributed by atoms with Gasteiger partial charge in [-0.1, -0.05) is 44.2 Å². The Morgan fingerprint density at radius 3 is 2.61 bits per heavy atom. The Hall–Kier alpha value is -1.84. The van der Waals surface area contributed by atoms with Crippen molar-refractivity contribution in [2.45, 2.75) is 32.9 Å². The first-order valence-electron chi connectivity index (χ1n) is 6.00. The zero-order valence-electron chi connectivity index (χ0n) is 10.6. The number of rotatable bonds is 3. The van der Waals surface area contributed by atoms with Crippen LogP contribution < -0.4 is 5.32 Å². The van der Waals surface area contributed by atoms with Gasteiger partial charge in [-0.15, -0.1) is 0 Å². The first kappa shape index (κ1) is 12.6. The van der Waals surface area contributed by atoms with Gasteiger partial charge in [0, 0.05) is 5.41 Å². The van der Waals surface area contributed by atoms with Gasteiger partial charge in [-0.2, -0.15) is 0 Å². The molecule has 0 saturated carbocycles. The van der Waals surface area contributed by atoms with Gasteiger partial charge in [0.1, 0.15) is 12.6 Å². The summed E-state index contributed by atoms with van der Waals surface area (Å²) in [5.41, 5.74) is 0.450. The van der Waals surface area contributed by atoms with E-state index in [2.05, 4.69) is 5.32 Å². The molecule has 1 amide bonds. The van der Waals surface area contributed by atoms with Crippen molar-refractivity contribution in [2.75, 3.05) is 0 Å². The Balaban J connectivity index is 1.89. The first-order chi connectivity index (χ1) is 8.49. The second-order valence-electron chi connectivity index (χ2n) is 5.21. The highest BCUT2D eigenvalue weighted by Gasteiger charge is 2.42. The van der Waals surface area contributed by atoms with Gasteiger partial charge >= 0.3 is 5.97 Å². The topological polar surface area (TPSA) is 55.4 Å². The van der Waals surface area contributed by atoms with Crippen LogP contribution in [0.5, 0.6) is 0 Å². The normalized spacial score (nSPS) is 21.4. The summed E-state index contributed by atoms with van der Waals surface area (Å²) in [5, 5.41) is 2.67. The lowest BCUT2D eigenvalue weighted by Gasteiger charge is -2.12. The van der Waals surface area contributed by atoms with Crippen LogP contribution in [-0.4, -0.2) is 17.9 Å². The number of benzene rings is 1. The van der Waals surface area contributed by atoms with Crippen LogP contribution in [0.4, 0.5) is 0 Å². The molecule has 1 aromatic rings. The number of hydrogen-bond donors (Lipinski definition) is 1. The summed E-state index contributed by atoms with van der Waals surface area (Å²) in [5.74, 6) is -0.457. The van der Waals surface area contributed by atoms with Gasteiger partial charge in [-0.3, -0.25) is 4.79 Å². The third-order valence-corrected chi connectivity index (χ3v) is 3.14. The molecule has 0 radical (unpaired) electrons. The third-order valence-electron chi connectivity index (χ3n) is 3.14. The van der Waals surface area contributed by atoms with E-state index < -0.39 is 11.5 Å². The molecule has 1 atom stereocenters. The van der Waals surface area contributed by atoms with Crippen molar-refractivity contribution in [1.82, 2.24) is 5.32 Å². The van der Waals surface area contributed by atoms with Gasteiger partial charge in [0.2, 0.25) is 5.91 Å². The Kier molecular flexibility index (Phi) is 3.36. The zero-order chi connectivity index (χ0) is 13.2. The standard InChI is InChI=1S/C14H17NO3/c1-14(2)8-11(15-13(14)17)12(16)18-9-10-6-4-3-5-7-10/h3-7,11H,8-9H2,1-2H3,(H,15,17). The molecule has 0 aliphatic carbocycles. The second-order valence-corrected chi connectivity index (χ2v) is 5.21. The molecule has 96 valence electrons. The maximum Gasteiger partial charge on any atom is 0.329 e. The van der Waals surface area contributed by atoms with Gasteiger partial charge < -0.3 is 10.1 Å². The van der Waals surface area contributed by atoms with Crippen molar-refractivity contribution in [3.8, 4) is 0 Å². The van der Waals surface area contributed by atoms with Gasteiger partial charge in [0.15, 0.2) is 0 Å². The lowest BCUT2D eigenvalue weighted by Crippen LogP contribution is -2.35. The number of ether oxygens (including phenoxy) is 1. The van der Waals surface area contributed by atoms with Crippen LogP contribution in [0, 0.1) is 5.41 Å². The monoisotopic (exact) mass is 247 g/mol. The van der Waals surface area contributed by atoms with Crippen molar-refractivity contribution in [1.29, 1.82) is 0 Å². The minimum atomic E-state index is -0.517. The lowest BCUT2D eigenvalue weighted by atomic mass is 9.90. The van der Waals surface area contributed by atoms with Crippen LogP contribution in [0.15, 0.2) is 30.3 Å². The summed E-state index contributed by atoms with van der Waals surface area (Å²) in [6.45, 7) is 3.89. The van der Waals surface area contributed by atoms with E-state index in [4.69, 9.17) is 4.74 Å². The SMILES string of the molecule is CC1(C)CC(C(=O)OCc2ccccc2)NC1=O. The fourth-order valence-electron chi connectivity index (χ4n) is 1.98.